The Morgan fingerprint density at radius 2 is 1.96 bits per heavy atom. The summed E-state index contributed by atoms with van der Waals surface area (Å²) in [6.45, 7) is 1.84. The molecule has 0 aliphatic rings. The van der Waals surface area contributed by atoms with Crippen molar-refractivity contribution < 1.29 is 13.9 Å². The Morgan fingerprint density at radius 3 is 2.61 bits per heavy atom. The number of nitrogens with zero attached hydrogens (tertiary/aromatic N) is 1. The Hall–Kier alpha value is -2.54. The lowest BCUT2D eigenvalue weighted by Gasteiger charge is -2.12. The third-order valence-corrected chi connectivity index (χ3v) is 4.09. The van der Waals surface area contributed by atoms with Crippen LogP contribution in [0, 0.1) is 17.0 Å². The quantitative estimate of drug-likeness (QED) is 0.673. The average Bonchev–Trinajstić information content (AvgIpc) is 2.51. The second-order valence-electron chi connectivity index (χ2n) is 5.07. The molecule has 0 aliphatic heterocycles. The van der Waals surface area contributed by atoms with Gasteiger partial charge in [-0.05, 0) is 30.2 Å². The van der Waals surface area contributed by atoms with Crippen molar-refractivity contribution in [3.63, 3.8) is 0 Å². The van der Waals surface area contributed by atoms with E-state index in [4.69, 9.17) is 0 Å². The van der Waals surface area contributed by atoms with Crippen LogP contribution in [0.1, 0.15) is 21.5 Å². The molecule has 2 aromatic rings. The minimum absolute atomic E-state index is 0.135. The second kappa shape index (κ2) is 7.15. The molecular weight excluding hydrogens is 316 g/mol. The molecule has 0 aliphatic carbocycles. The van der Waals surface area contributed by atoms with E-state index in [1.165, 1.54) is 24.3 Å². The molecule has 2 rings (SSSR count). The lowest BCUT2D eigenvalue weighted by molar-refractivity contribution is -0.384. The van der Waals surface area contributed by atoms with E-state index in [1.54, 1.807) is 18.4 Å². The van der Waals surface area contributed by atoms with Crippen molar-refractivity contribution >= 4 is 28.1 Å². The lowest BCUT2D eigenvalue weighted by Crippen LogP contribution is -2.13. The number of benzene rings is 2. The molecule has 1 N–H and O–H groups in total. The number of anilines is 1. The van der Waals surface area contributed by atoms with Crippen LogP contribution in [0.5, 0.6) is 0 Å². The molecule has 0 radical (unpaired) electrons. The monoisotopic (exact) mass is 332 g/mol. The van der Waals surface area contributed by atoms with Gasteiger partial charge in [0.1, 0.15) is 0 Å². The van der Waals surface area contributed by atoms with E-state index in [0.29, 0.717) is 11.4 Å². The van der Waals surface area contributed by atoms with Crippen LogP contribution in [0.25, 0.3) is 0 Å². The van der Waals surface area contributed by atoms with Crippen LogP contribution >= 0.6 is 0 Å². The maximum Gasteiger partial charge on any atom is 0.270 e. The van der Waals surface area contributed by atoms with E-state index >= 15 is 0 Å². The third kappa shape index (κ3) is 4.23. The third-order valence-electron chi connectivity index (χ3n) is 3.37. The number of hydrogen-bond donors (Lipinski definition) is 1. The van der Waals surface area contributed by atoms with Crippen LogP contribution in [-0.4, -0.2) is 21.3 Å². The van der Waals surface area contributed by atoms with Crippen LogP contribution in [-0.2, 0) is 16.6 Å². The van der Waals surface area contributed by atoms with Crippen LogP contribution in [0.4, 0.5) is 11.4 Å². The molecule has 0 fully saturated rings. The first-order valence-corrected chi connectivity index (χ1v) is 8.55. The Labute approximate surface area is 136 Å². The number of carbonyl (C=O) groups is 1. The molecule has 2 aromatic carbocycles. The first-order chi connectivity index (χ1) is 10.9. The molecule has 6 nitrogen and oxygen atoms in total. The minimum Gasteiger partial charge on any atom is -0.322 e. The first-order valence-electron chi connectivity index (χ1n) is 6.83. The molecule has 0 unspecified atom stereocenters. The number of non-ortho nitro benzene ring substituents is 1. The summed E-state index contributed by atoms with van der Waals surface area (Å²) in [5.41, 5.74) is 2.40. The van der Waals surface area contributed by atoms with Gasteiger partial charge in [-0.25, -0.2) is 0 Å². The van der Waals surface area contributed by atoms with Crippen molar-refractivity contribution in [3.05, 3.63) is 69.3 Å². The van der Waals surface area contributed by atoms with Gasteiger partial charge in [0, 0.05) is 46.2 Å². The van der Waals surface area contributed by atoms with E-state index in [0.717, 1.165) is 11.1 Å². The number of carbonyl (C=O) groups excluding carboxylic acids is 1. The Bertz CT molecular complexity index is 789. The molecule has 0 saturated heterocycles. The summed E-state index contributed by atoms with van der Waals surface area (Å²) in [6, 6.07) is 10.9. The molecule has 0 bridgehead atoms. The fourth-order valence-electron chi connectivity index (χ4n) is 2.15. The molecule has 7 heteroatoms. The number of hydrogen-bond acceptors (Lipinski definition) is 4. The average molecular weight is 332 g/mol. The summed E-state index contributed by atoms with van der Waals surface area (Å²) < 4.78 is 11.4. The summed E-state index contributed by atoms with van der Waals surface area (Å²) in [4.78, 5) is 22.5. The largest absolute Gasteiger partial charge is 0.322 e. The number of amides is 1. The van der Waals surface area contributed by atoms with Crippen LogP contribution in [0.2, 0.25) is 0 Å². The second-order valence-corrected chi connectivity index (χ2v) is 6.50. The Kier molecular flexibility index (Phi) is 5.23. The smallest absolute Gasteiger partial charge is 0.270 e. The van der Waals surface area contributed by atoms with Gasteiger partial charge in [0.25, 0.3) is 11.6 Å². The molecule has 0 spiro atoms. The van der Waals surface area contributed by atoms with Gasteiger partial charge in [0.05, 0.1) is 4.92 Å². The summed E-state index contributed by atoms with van der Waals surface area (Å²) in [7, 11) is -0.980. The molecule has 23 heavy (non-hydrogen) atoms. The fraction of sp³-hybridized carbons (Fsp3) is 0.188. The summed E-state index contributed by atoms with van der Waals surface area (Å²) in [5, 5.41) is 13.5. The molecule has 1 atom stereocenters. The zero-order chi connectivity index (χ0) is 17.0. The normalized spacial score (nSPS) is 11.7. The van der Waals surface area contributed by atoms with Gasteiger partial charge >= 0.3 is 0 Å². The van der Waals surface area contributed by atoms with Crippen molar-refractivity contribution in [1.29, 1.82) is 0 Å². The zero-order valence-electron chi connectivity index (χ0n) is 12.7. The van der Waals surface area contributed by atoms with E-state index in [-0.39, 0.29) is 11.3 Å². The van der Waals surface area contributed by atoms with Crippen molar-refractivity contribution in [3.8, 4) is 0 Å². The minimum atomic E-state index is -0.980. The van der Waals surface area contributed by atoms with Crippen LogP contribution in [0.15, 0.2) is 42.5 Å². The lowest BCUT2D eigenvalue weighted by atomic mass is 10.1. The van der Waals surface area contributed by atoms with Crippen LogP contribution in [0.3, 0.4) is 0 Å². The SMILES string of the molecule is Cc1c(C[S@@](C)=O)cccc1NC(=O)c1cccc([N+](=O)[O-])c1. The Morgan fingerprint density at radius 1 is 1.26 bits per heavy atom. The number of nitro groups is 1. The van der Waals surface area contributed by atoms with Crippen molar-refractivity contribution in [2.45, 2.75) is 12.7 Å². The topological polar surface area (TPSA) is 89.3 Å². The molecule has 120 valence electrons. The number of nitro benzene ring substituents is 1. The number of rotatable bonds is 5. The van der Waals surface area contributed by atoms with Crippen molar-refractivity contribution in [2.24, 2.45) is 0 Å². The molecular formula is C16H16N2O4S. The van der Waals surface area contributed by atoms with E-state index in [1.807, 2.05) is 13.0 Å². The Balaban J connectivity index is 2.25. The standard InChI is InChI=1S/C16H16N2O4S/c1-11-13(10-23(2)22)6-4-8-15(11)17-16(19)12-5-3-7-14(9-12)18(20)21/h3-9H,10H2,1-2H3,(H,17,19)/t23-/m1/s1. The highest BCUT2D eigenvalue weighted by Crippen LogP contribution is 2.21. The van der Waals surface area contributed by atoms with E-state index in [9.17, 15) is 19.1 Å². The number of nitrogens with one attached hydrogen (secondary N) is 1. The molecule has 0 saturated carbocycles. The van der Waals surface area contributed by atoms with Gasteiger partial charge < -0.3 is 5.32 Å². The van der Waals surface area contributed by atoms with Gasteiger partial charge in [-0.15, -0.1) is 0 Å². The highest BCUT2D eigenvalue weighted by Gasteiger charge is 2.13. The maximum absolute atomic E-state index is 12.3. The van der Waals surface area contributed by atoms with Crippen molar-refractivity contribution in [2.75, 3.05) is 11.6 Å². The maximum atomic E-state index is 12.3. The fourth-order valence-corrected chi connectivity index (χ4v) is 2.90. The predicted octanol–water partition coefficient (Wildman–Crippen LogP) is 3.03. The van der Waals surface area contributed by atoms with Crippen LogP contribution < -0.4 is 5.32 Å². The highest BCUT2D eigenvalue weighted by molar-refractivity contribution is 7.83. The zero-order valence-corrected chi connectivity index (χ0v) is 13.6. The predicted molar refractivity (Wildman–Crippen MR) is 90.0 cm³/mol. The van der Waals surface area contributed by atoms with Crippen molar-refractivity contribution in [1.82, 2.24) is 0 Å². The van der Waals surface area contributed by atoms with Gasteiger partial charge in [-0.2, -0.15) is 0 Å². The van der Waals surface area contributed by atoms with Gasteiger partial charge in [-0.1, -0.05) is 18.2 Å². The van der Waals surface area contributed by atoms with E-state index < -0.39 is 21.6 Å². The summed E-state index contributed by atoms with van der Waals surface area (Å²) in [6.07, 6.45) is 1.62. The highest BCUT2D eigenvalue weighted by atomic mass is 32.2. The summed E-state index contributed by atoms with van der Waals surface area (Å²) in [5.74, 6) is -0.0154. The first kappa shape index (κ1) is 16.8. The van der Waals surface area contributed by atoms with Gasteiger partial charge in [0.15, 0.2) is 0 Å². The van der Waals surface area contributed by atoms with Gasteiger partial charge in [-0.3, -0.25) is 19.1 Å². The van der Waals surface area contributed by atoms with Gasteiger partial charge in [0.2, 0.25) is 0 Å². The summed E-state index contributed by atoms with van der Waals surface area (Å²) >= 11 is 0. The van der Waals surface area contributed by atoms with E-state index in [2.05, 4.69) is 5.32 Å². The molecule has 0 aromatic heterocycles. The molecule has 0 heterocycles. The molecule has 1 amide bonds.